The number of amides is 1. The fourth-order valence-electron chi connectivity index (χ4n) is 2.55. The molecular weight excluding hydrogens is 304 g/mol. The van der Waals surface area contributed by atoms with Crippen molar-refractivity contribution in [2.24, 2.45) is 0 Å². The van der Waals surface area contributed by atoms with Crippen molar-refractivity contribution in [3.05, 3.63) is 46.0 Å². The van der Waals surface area contributed by atoms with Crippen LogP contribution in [0, 0.1) is 10.1 Å². The van der Waals surface area contributed by atoms with Crippen LogP contribution in [0.1, 0.15) is 12.8 Å². The maximum atomic E-state index is 12.5. The number of carbonyl (C=O) groups is 1. The number of benzene rings is 1. The van der Waals surface area contributed by atoms with Crippen molar-refractivity contribution in [3.8, 4) is 0 Å². The average molecular weight is 318 g/mol. The number of hydrogen-bond donors (Lipinski definition) is 1. The van der Waals surface area contributed by atoms with E-state index >= 15 is 0 Å². The number of hydrogen-bond acceptors (Lipinski definition) is 6. The van der Waals surface area contributed by atoms with E-state index in [1.165, 1.54) is 23.5 Å². The van der Waals surface area contributed by atoms with Crippen LogP contribution in [0.5, 0.6) is 0 Å². The lowest BCUT2D eigenvalue weighted by molar-refractivity contribution is -0.384. The predicted octanol–water partition coefficient (Wildman–Crippen LogP) is 2.66. The summed E-state index contributed by atoms with van der Waals surface area (Å²) in [5, 5.41) is 16.3. The van der Waals surface area contributed by atoms with Gasteiger partial charge in [0.05, 0.1) is 4.92 Å². The van der Waals surface area contributed by atoms with Gasteiger partial charge >= 0.3 is 0 Å². The maximum Gasteiger partial charge on any atom is 0.271 e. The first kappa shape index (κ1) is 14.5. The van der Waals surface area contributed by atoms with E-state index < -0.39 is 4.92 Å². The number of carbonyl (C=O) groups excluding carboxylic acids is 1. The SMILES string of the molecule is O=C(Nc1cccc([N+](=O)[O-])c1)C1CCCN1c1nccs1. The Kier molecular flexibility index (Phi) is 4.01. The van der Waals surface area contributed by atoms with E-state index in [1.54, 1.807) is 18.3 Å². The zero-order chi connectivity index (χ0) is 15.5. The molecule has 3 rings (SSSR count). The number of nitrogens with zero attached hydrogens (tertiary/aromatic N) is 3. The molecule has 1 amide bonds. The molecule has 1 unspecified atom stereocenters. The lowest BCUT2D eigenvalue weighted by Gasteiger charge is -2.23. The summed E-state index contributed by atoms with van der Waals surface area (Å²) in [6.45, 7) is 0.792. The topological polar surface area (TPSA) is 88.4 Å². The molecule has 1 aromatic heterocycles. The van der Waals surface area contributed by atoms with Crippen LogP contribution in [-0.4, -0.2) is 28.4 Å². The highest BCUT2D eigenvalue weighted by Crippen LogP contribution is 2.28. The van der Waals surface area contributed by atoms with Crippen LogP contribution in [-0.2, 0) is 4.79 Å². The molecular formula is C14H14N4O3S. The molecule has 1 N–H and O–H groups in total. The van der Waals surface area contributed by atoms with Crippen molar-refractivity contribution in [2.45, 2.75) is 18.9 Å². The number of thiazole rings is 1. The summed E-state index contributed by atoms with van der Waals surface area (Å²) >= 11 is 1.50. The monoisotopic (exact) mass is 318 g/mol. The van der Waals surface area contributed by atoms with E-state index in [9.17, 15) is 14.9 Å². The van der Waals surface area contributed by atoms with Crippen molar-refractivity contribution in [1.82, 2.24) is 4.98 Å². The van der Waals surface area contributed by atoms with Crippen molar-refractivity contribution >= 4 is 33.8 Å². The van der Waals surface area contributed by atoms with Crippen molar-refractivity contribution < 1.29 is 9.72 Å². The highest BCUT2D eigenvalue weighted by molar-refractivity contribution is 7.13. The lowest BCUT2D eigenvalue weighted by Crippen LogP contribution is -2.39. The molecule has 0 spiro atoms. The van der Waals surface area contributed by atoms with Crippen LogP contribution in [0.3, 0.4) is 0 Å². The van der Waals surface area contributed by atoms with Gasteiger partial charge in [0.1, 0.15) is 6.04 Å². The summed E-state index contributed by atoms with van der Waals surface area (Å²) in [6.07, 6.45) is 3.39. The molecule has 1 aromatic carbocycles. The van der Waals surface area contributed by atoms with Crippen LogP contribution in [0.15, 0.2) is 35.8 Å². The minimum atomic E-state index is -0.479. The largest absolute Gasteiger partial charge is 0.336 e. The number of nitro benzene ring substituents is 1. The molecule has 1 saturated heterocycles. The highest BCUT2D eigenvalue weighted by atomic mass is 32.1. The van der Waals surface area contributed by atoms with Crippen molar-refractivity contribution in [3.63, 3.8) is 0 Å². The normalized spacial score (nSPS) is 17.5. The van der Waals surface area contributed by atoms with Crippen LogP contribution in [0.2, 0.25) is 0 Å². The Morgan fingerprint density at radius 3 is 3.09 bits per heavy atom. The number of anilines is 2. The van der Waals surface area contributed by atoms with Gasteiger partial charge in [0.25, 0.3) is 5.69 Å². The van der Waals surface area contributed by atoms with Crippen LogP contribution in [0.25, 0.3) is 0 Å². The molecule has 1 atom stereocenters. The van der Waals surface area contributed by atoms with E-state index in [0.717, 1.165) is 24.5 Å². The third kappa shape index (κ3) is 2.91. The first-order chi connectivity index (χ1) is 10.6. The van der Waals surface area contributed by atoms with Crippen LogP contribution in [0.4, 0.5) is 16.5 Å². The fourth-order valence-corrected chi connectivity index (χ4v) is 3.27. The van der Waals surface area contributed by atoms with Crippen LogP contribution < -0.4 is 10.2 Å². The van der Waals surface area contributed by atoms with Gasteiger partial charge in [0, 0.05) is 35.9 Å². The zero-order valence-electron chi connectivity index (χ0n) is 11.6. The molecule has 0 saturated carbocycles. The van der Waals surface area contributed by atoms with E-state index in [-0.39, 0.29) is 17.6 Å². The van der Waals surface area contributed by atoms with Crippen LogP contribution >= 0.6 is 11.3 Å². The first-order valence-electron chi connectivity index (χ1n) is 6.86. The second-order valence-corrected chi connectivity index (χ2v) is 5.84. The Hall–Kier alpha value is -2.48. The molecule has 0 radical (unpaired) electrons. The number of rotatable bonds is 4. The van der Waals surface area contributed by atoms with Gasteiger partial charge in [-0.15, -0.1) is 11.3 Å². The Labute approximate surface area is 130 Å². The predicted molar refractivity (Wildman–Crippen MR) is 84.2 cm³/mol. The molecule has 2 aromatic rings. The summed E-state index contributed by atoms with van der Waals surface area (Å²) in [5.74, 6) is -0.159. The van der Waals surface area contributed by atoms with Gasteiger partial charge in [-0.25, -0.2) is 4.98 Å². The molecule has 2 heterocycles. The molecule has 1 fully saturated rings. The van der Waals surface area contributed by atoms with Gasteiger partial charge < -0.3 is 10.2 Å². The average Bonchev–Trinajstić information content (AvgIpc) is 3.18. The fraction of sp³-hybridized carbons (Fsp3) is 0.286. The van der Waals surface area contributed by atoms with Crippen molar-refractivity contribution in [1.29, 1.82) is 0 Å². The summed E-state index contributed by atoms with van der Waals surface area (Å²) in [6, 6.07) is 5.67. The number of non-ortho nitro benzene ring substituents is 1. The van der Waals surface area contributed by atoms with Gasteiger partial charge in [-0.3, -0.25) is 14.9 Å². The number of aromatic nitrogens is 1. The number of nitro groups is 1. The highest BCUT2D eigenvalue weighted by Gasteiger charge is 2.32. The molecule has 114 valence electrons. The summed E-state index contributed by atoms with van der Waals surface area (Å²) in [4.78, 5) is 29.0. The Morgan fingerprint density at radius 2 is 2.36 bits per heavy atom. The third-order valence-corrected chi connectivity index (χ3v) is 4.35. The van der Waals surface area contributed by atoms with E-state index in [2.05, 4.69) is 10.3 Å². The second-order valence-electron chi connectivity index (χ2n) is 4.96. The zero-order valence-corrected chi connectivity index (χ0v) is 12.5. The Balaban J connectivity index is 1.74. The lowest BCUT2D eigenvalue weighted by atomic mass is 10.2. The van der Waals surface area contributed by atoms with Gasteiger partial charge in [-0.1, -0.05) is 6.07 Å². The maximum absolute atomic E-state index is 12.5. The summed E-state index contributed by atoms with van der Waals surface area (Å²) in [7, 11) is 0. The smallest absolute Gasteiger partial charge is 0.271 e. The minimum Gasteiger partial charge on any atom is -0.336 e. The molecule has 1 aliphatic rings. The first-order valence-corrected chi connectivity index (χ1v) is 7.74. The molecule has 22 heavy (non-hydrogen) atoms. The quantitative estimate of drug-likeness (QED) is 0.691. The standard InChI is InChI=1S/C14H14N4O3S/c19-13(16-10-3-1-4-11(9-10)18(20)21)12-5-2-7-17(12)14-15-6-8-22-14/h1,3-4,6,8-9,12H,2,5,7H2,(H,16,19). The molecule has 0 aliphatic carbocycles. The van der Waals surface area contributed by atoms with Gasteiger partial charge in [-0.2, -0.15) is 0 Å². The molecule has 8 heteroatoms. The minimum absolute atomic E-state index is 0.0407. The number of nitrogens with one attached hydrogen (secondary N) is 1. The van der Waals surface area contributed by atoms with Gasteiger partial charge in [0.15, 0.2) is 5.13 Å². The Bertz CT molecular complexity index is 689. The Morgan fingerprint density at radius 1 is 1.50 bits per heavy atom. The second kappa shape index (κ2) is 6.10. The summed E-state index contributed by atoms with van der Waals surface area (Å²) < 4.78 is 0. The van der Waals surface area contributed by atoms with Gasteiger partial charge in [-0.05, 0) is 18.9 Å². The van der Waals surface area contributed by atoms with E-state index in [1.807, 2.05) is 10.3 Å². The summed E-state index contributed by atoms with van der Waals surface area (Å²) in [5.41, 5.74) is 0.395. The van der Waals surface area contributed by atoms with E-state index in [4.69, 9.17) is 0 Å². The molecule has 7 nitrogen and oxygen atoms in total. The van der Waals surface area contributed by atoms with Crippen molar-refractivity contribution in [2.75, 3.05) is 16.8 Å². The molecule has 1 aliphatic heterocycles. The molecule has 0 bridgehead atoms. The third-order valence-electron chi connectivity index (χ3n) is 3.54. The van der Waals surface area contributed by atoms with Gasteiger partial charge in [0.2, 0.25) is 5.91 Å². The van der Waals surface area contributed by atoms with E-state index in [0.29, 0.717) is 5.69 Å².